The van der Waals surface area contributed by atoms with E-state index in [4.69, 9.17) is 0 Å². The van der Waals surface area contributed by atoms with Crippen LogP contribution in [-0.2, 0) is 0 Å². The second-order valence-electron chi connectivity index (χ2n) is 3.08. The Morgan fingerprint density at radius 1 is 1.41 bits per heavy atom. The molecular formula is C8H4BrF4N3O. The van der Waals surface area contributed by atoms with Crippen LogP contribution in [0.3, 0.4) is 0 Å². The van der Waals surface area contributed by atoms with Crippen LogP contribution in [0.2, 0.25) is 0 Å². The molecule has 2 heterocycles. The van der Waals surface area contributed by atoms with Gasteiger partial charge in [-0.2, -0.15) is 18.2 Å². The van der Waals surface area contributed by atoms with Gasteiger partial charge in [0, 0.05) is 6.07 Å². The highest BCUT2D eigenvalue weighted by Gasteiger charge is 2.29. The van der Waals surface area contributed by atoms with E-state index in [0.29, 0.717) is 0 Å². The number of hydrogen-bond donors (Lipinski definition) is 0. The van der Waals surface area contributed by atoms with Gasteiger partial charge >= 0.3 is 6.18 Å². The van der Waals surface area contributed by atoms with Gasteiger partial charge in [0.15, 0.2) is 18.0 Å². The van der Waals surface area contributed by atoms with E-state index < -0.39 is 18.6 Å². The minimum Gasteiger partial charge on any atom is -0.480 e. The number of pyridine rings is 1. The molecule has 0 aliphatic heterocycles. The molecule has 0 N–H and O–H groups in total. The van der Waals surface area contributed by atoms with Crippen molar-refractivity contribution in [3.8, 4) is 5.75 Å². The van der Waals surface area contributed by atoms with E-state index in [9.17, 15) is 17.6 Å². The summed E-state index contributed by atoms with van der Waals surface area (Å²) in [5.41, 5.74) is 0.00234. The molecular weight excluding hydrogens is 310 g/mol. The van der Waals surface area contributed by atoms with Crippen LogP contribution in [0, 0.1) is 5.82 Å². The topological polar surface area (TPSA) is 39.4 Å². The molecule has 0 atom stereocenters. The molecule has 0 spiro atoms. The van der Waals surface area contributed by atoms with Crippen molar-refractivity contribution in [1.82, 2.24) is 14.6 Å². The number of fused-ring (bicyclic) bond motifs is 1. The van der Waals surface area contributed by atoms with Crippen LogP contribution < -0.4 is 4.74 Å². The van der Waals surface area contributed by atoms with Gasteiger partial charge in [-0.1, -0.05) is 0 Å². The highest BCUT2D eigenvalue weighted by Crippen LogP contribution is 2.23. The van der Waals surface area contributed by atoms with Crippen molar-refractivity contribution in [2.45, 2.75) is 6.18 Å². The average Bonchev–Trinajstić information content (AvgIpc) is 2.53. The first-order valence-corrected chi connectivity index (χ1v) is 5.05. The second kappa shape index (κ2) is 4.13. The Kier molecular flexibility index (Phi) is 2.94. The zero-order valence-corrected chi connectivity index (χ0v) is 9.59. The van der Waals surface area contributed by atoms with Crippen molar-refractivity contribution in [2.75, 3.05) is 6.61 Å². The standard InChI is InChI=1S/C8H4BrF4N3O/c9-7-14-6-5(17-3-8(11,12)13)1-4(10)2-16(6)15-7/h1-2H,3H2. The monoisotopic (exact) mass is 313 g/mol. The molecule has 0 amide bonds. The van der Waals surface area contributed by atoms with Crippen LogP contribution in [0.15, 0.2) is 17.0 Å². The summed E-state index contributed by atoms with van der Waals surface area (Å²) in [5, 5.41) is 3.70. The van der Waals surface area contributed by atoms with Crippen molar-refractivity contribution in [3.63, 3.8) is 0 Å². The second-order valence-corrected chi connectivity index (χ2v) is 3.78. The van der Waals surface area contributed by atoms with Crippen LogP contribution in [0.25, 0.3) is 5.65 Å². The van der Waals surface area contributed by atoms with Gasteiger partial charge in [0.25, 0.3) is 0 Å². The maximum Gasteiger partial charge on any atom is 0.422 e. The minimum absolute atomic E-state index is 0.00234. The van der Waals surface area contributed by atoms with E-state index in [1.54, 1.807) is 0 Å². The predicted molar refractivity (Wildman–Crippen MR) is 52.2 cm³/mol. The zero-order valence-electron chi connectivity index (χ0n) is 8.00. The normalized spacial score (nSPS) is 12.1. The number of halogens is 5. The molecule has 0 saturated heterocycles. The van der Waals surface area contributed by atoms with Gasteiger partial charge in [-0.3, -0.25) is 0 Å². The number of alkyl halides is 3. The number of rotatable bonds is 2. The number of hydrogen-bond acceptors (Lipinski definition) is 3. The van der Waals surface area contributed by atoms with E-state index in [2.05, 4.69) is 30.7 Å². The Labute approximate surface area is 100 Å². The SMILES string of the molecule is Fc1cc(OCC(F)(F)F)c2nc(Br)nn2c1. The molecule has 2 aromatic heterocycles. The summed E-state index contributed by atoms with van der Waals surface area (Å²) in [6.07, 6.45) is -3.52. The number of aromatic nitrogens is 3. The molecule has 0 unspecified atom stereocenters. The first-order chi connectivity index (χ1) is 7.85. The molecule has 4 nitrogen and oxygen atoms in total. The fourth-order valence-corrected chi connectivity index (χ4v) is 1.50. The summed E-state index contributed by atoms with van der Waals surface area (Å²) < 4.78 is 54.6. The molecule has 0 radical (unpaired) electrons. The predicted octanol–water partition coefficient (Wildman–Crippen LogP) is 2.57. The first-order valence-electron chi connectivity index (χ1n) is 4.26. The van der Waals surface area contributed by atoms with Crippen molar-refractivity contribution in [1.29, 1.82) is 0 Å². The Bertz CT molecular complexity index is 553. The van der Waals surface area contributed by atoms with Gasteiger partial charge in [-0.15, -0.1) is 5.10 Å². The molecule has 92 valence electrons. The van der Waals surface area contributed by atoms with E-state index in [1.165, 1.54) is 0 Å². The van der Waals surface area contributed by atoms with Gasteiger partial charge in [-0.25, -0.2) is 8.91 Å². The average molecular weight is 314 g/mol. The fraction of sp³-hybridized carbons (Fsp3) is 0.250. The van der Waals surface area contributed by atoms with Crippen molar-refractivity contribution in [3.05, 3.63) is 22.8 Å². The van der Waals surface area contributed by atoms with Gasteiger partial charge in [-0.05, 0) is 15.9 Å². The lowest BCUT2D eigenvalue weighted by Crippen LogP contribution is -2.19. The van der Waals surface area contributed by atoms with E-state index in [1.807, 2.05) is 0 Å². The molecule has 0 fully saturated rings. The molecule has 2 rings (SSSR count). The highest BCUT2D eigenvalue weighted by molar-refractivity contribution is 9.10. The largest absolute Gasteiger partial charge is 0.480 e. The quantitative estimate of drug-likeness (QED) is 0.800. The van der Waals surface area contributed by atoms with Crippen LogP contribution in [-0.4, -0.2) is 27.4 Å². The van der Waals surface area contributed by atoms with Crippen LogP contribution >= 0.6 is 15.9 Å². The van der Waals surface area contributed by atoms with Gasteiger partial charge < -0.3 is 4.74 Å². The van der Waals surface area contributed by atoms with Gasteiger partial charge in [0.2, 0.25) is 4.73 Å². The van der Waals surface area contributed by atoms with Crippen molar-refractivity contribution < 1.29 is 22.3 Å². The Balaban J connectivity index is 2.38. The first kappa shape index (κ1) is 12.1. The Morgan fingerprint density at radius 3 is 2.76 bits per heavy atom. The van der Waals surface area contributed by atoms with E-state index >= 15 is 0 Å². The zero-order chi connectivity index (χ0) is 12.6. The molecule has 2 aromatic rings. The van der Waals surface area contributed by atoms with Crippen molar-refractivity contribution in [2.24, 2.45) is 0 Å². The third-order valence-electron chi connectivity index (χ3n) is 1.73. The fourth-order valence-electron chi connectivity index (χ4n) is 1.16. The summed E-state index contributed by atoms with van der Waals surface area (Å²) in [6, 6.07) is 0.822. The van der Waals surface area contributed by atoms with Crippen LogP contribution in [0.5, 0.6) is 5.75 Å². The third kappa shape index (κ3) is 2.84. The highest BCUT2D eigenvalue weighted by atomic mass is 79.9. The van der Waals surface area contributed by atoms with Crippen molar-refractivity contribution >= 4 is 21.6 Å². The molecule has 9 heteroatoms. The number of nitrogens with zero attached hydrogens (tertiary/aromatic N) is 3. The Morgan fingerprint density at radius 2 is 2.12 bits per heavy atom. The molecule has 0 aliphatic rings. The molecule has 17 heavy (non-hydrogen) atoms. The minimum atomic E-state index is -4.50. The molecule has 0 bridgehead atoms. The number of ether oxygens (including phenoxy) is 1. The summed E-state index contributed by atoms with van der Waals surface area (Å²) in [5.74, 6) is -1.09. The summed E-state index contributed by atoms with van der Waals surface area (Å²) in [4.78, 5) is 3.76. The summed E-state index contributed by atoms with van der Waals surface area (Å²) >= 11 is 2.93. The molecule has 0 aromatic carbocycles. The summed E-state index contributed by atoms with van der Waals surface area (Å²) in [6.45, 7) is -1.52. The third-order valence-corrected chi connectivity index (χ3v) is 2.07. The van der Waals surface area contributed by atoms with Gasteiger partial charge in [0.1, 0.15) is 5.82 Å². The lowest BCUT2D eigenvalue weighted by molar-refractivity contribution is -0.153. The molecule has 0 saturated carbocycles. The van der Waals surface area contributed by atoms with Crippen LogP contribution in [0.4, 0.5) is 17.6 Å². The summed E-state index contributed by atoms with van der Waals surface area (Å²) in [7, 11) is 0. The Hall–Kier alpha value is -1.38. The maximum absolute atomic E-state index is 13.1. The lowest BCUT2D eigenvalue weighted by Gasteiger charge is -2.09. The van der Waals surface area contributed by atoms with Gasteiger partial charge in [0.05, 0.1) is 6.20 Å². The lowest BCUT2D eigenvalue weighted by atomic mass is 10.4. The maximum atomic E-state index is 13.1. The van der Waals surface area contributed by atoms with E-state index in [0.717, 1.165) is 16.8 Å². The van der Waals surface area contributed by atoms with E-state index in [-0.39, 0.29) is 16.1 Å². The van der Waals surface area contributed by atoms with Crippen LogP contribution in [0.1, 0.15) is 0 Å². The molecule has 0 aliphatic carbocycles. The smallest absolute Gasteiger partial charge is 0.422 e.